The van der Waals surface area contributed by atoms with E-state index in [1.165, 1.54) is 0 Å². The van der Waals surface area contributed by atoms with Gasteiger partial charge in [0.1, 0.15) is 5.82 Å². The minimum absolute atomic E-state index is 0.110. The summed E-state index contributed by atoms with van der Waals surface area (Å²) in [5, 5.41) is 6.20. The van der Waals surface area contributed by atoms with Crippen molar-refractivity contribution in [2.24, 2.45) is 27.2 Å². The van der Waals surface area contributed by atoms with E-state index in [4.69, 9.17) is 52.0 Å². The number of nitrogens with two attached hydrogens (primary N) is 3. The first kappa shape index (κ1) is 19.9. The molecular weight excluding hydrogens is 401 g/mol. The molecule has 0 spiro atoms. The van der Waals surface area contributed by atoms with Gasteiger partial charge in [0.25, 0.3) is 5.91 Å². The lowest BCUT2D eigenvalue weighted by Gasteiger charge is -2.14. The van der Waals surface area contributed by atoms with Gasteiger partial charge in [-0.25, -0.2) is 4.99 Å². The smallest absolute Gasteiger partial charge is 0.278 e. The van der Waals surface area contributed by atoms with Crippen LogP contribution in [0.4, 0.5) is 0 Å². The molecule has 1 aromatic carbocycles. The highest BCUT2D eigenvalue weighted by atomic mass is 35.5. The van der Waals surface area contributed by atoms with Gasteiger partial charge < -0.3 is 22.5 Å². The van der Waals surface area contributed by atoms with Crippen LogP contribution in [0.1, 0.15) is 11.6 Å². The SMILES string of the molecule is C=C(N)C(=NC(Cl)=C(N)N)C(=O)NC1=NCC(c2ccc(Cl)c(Cl)c2)N1. The molecule has 8 N–H and O–H groups in total. The topological polar surface area (TPSA) is 144 Å². The average molecular weight is 417 g/mol. The zero-order valence-corrected chi connectivity index (χ0v) is 15.7. The molecule has 26 heavy (non-hydrogen) atoms. The van der Waals surface area contributed by atoms with Crippen LogP contribution in [0.25, 0.3) is 0 Å². The maximum atomic E-state index is 12.3. The summed E-state index contributed by atoms with van der Waals surface area (Å²) in [6, 6.07) is 5.05. The summed E-state index contributed by atoms with van der Waals surface area (Å²) in [6.45, 7) is 3.87. The number of benzene rings is 1. The lowest BCUT2D eigenvalue weighted by Crippen LogP contribution is -2.43. The molecule has 2 rings (SSSR count). The first-order valence-electron chi connectivity index (χ1n) is 7.20. The van der Waals surface area contributed by atoms with Crippen LogP contribution in [0, 0.1) is 0 Å². The number of rotatable bonds is 4. The highest BCUT2D eigenvalue weighted by Gasteiger charge is 2.23. The number of amides is 1. The van der Waals surface area contributed by atoms with Crippen molar-refractivity contribution in [3.8, 4) is 0 Å². The number of hydrogen-bond donors (Lipinski definition) is 5. The number of aliphatic imine (C=N–C) groups is 2. The Balaban J connectivity index is 2.09. The molecule has 1 aliphatic rings. The molecule has 0 saturated heterocycles. The normalized spacial score (nSPS) is 16.5. The Morgan fingerprint density at radius 3 is 2.58 bits per heavy atom. The molecule has 1 aliphatic heterocycles. The van der Waals surface area contributed by atoms with E-state index < -0.39 is 5.91 Å². The van der Waals surface area contributed by atoms with Gasteiger partial charge in [0.05, 0.1) is 28.3 Å². The van der Waals surface area contributed by atoms with E-state index in [1.807, 2.05) is 6.07 Å². The predicted octanol–water partition coefficient (Wildman–Crippen LogP) is 1.31. The molecule has 0 aliphatic carbocycles. The van der Waals surface area contributed by atoms with Crippen LogP contribution in [0.3, 0.4) is 0 Å². The van der Waals surface area contributed by atoms with Crippen LogP contribution in [-0.4, -0.2) is 24.1 Å². The molecule has 0 aromatic heterocycles. The molecule has 1 atom stereocenters. The summed E-state index contributed by atoms with van der Waals surface area (Å²) in [5.41, 5.74) is 16.7. The Hall–Kier alpha value is -2.42. The van der Waals surface area contributed by atoms with Gasteiger partial charge in [-0.3, -0.25) is 15.1 Å². The number of carbonyl (C=O) groups is 1. The van der Waals surface area contributed by atoms with Gasteiger partial charge in [0, 0.05) is 0 Å². The molecule has 8 nitrogen and oxygen atoms in total. The fourth-order valence-electron chi connectivity index (χ4n) is 2.03. The van der Waals surface area contributed by atoms with E-state index in [9.17, 15) is 4.79 Å². The second kappa shape index (κ2) is 8.31. The van der Waals surface area contributed by atoms with Gasteiger partial charge in [-0.1, -0.05) is 47.4 Å². The van der Waals surface area contributed by atoms with Crippen molar-refractivity contribution in [1.82, 2.24) is 10.6 Å². The number of carbonyl (C=O) groups excluding carboxylic acids is 1. The Morgan fingerprint density at radius 1 is 1.31 bits per heavy atom. The van der Waals surface area contributed by atoms with Crippen LogP contribution in [0.5, 0.6) is 0 Å². The van der Waals surface area contributed by atoms with Crippen molar-refractivity contribution in [3.63, 3.8) is 0 Å². The molecule has 1 aromatic rings. The number of nitrogens with one attached hydrogen (secondary N) is 2. The molecule has 1 unspecified atom stereocenters. The number of guanidine groups is 1. The highest BCUT2D eigenvalue weighted by molar-refractivity contribution is 6.48. The summed E-state index contributed by atoms with van der Waals surface area (Å²) in [7, 11) is 0. The molecule has 0 saturated carbocycles. The third kappa shape index (κ3) is 4.81. The molecule has 1 amide bonds. The van der Waals surface area contributed by atoms with E-state index in [2.05, 4.69) is 27.2 Å². The van der Waals surface area contributed by atoms with Gasteiger partial charge >= 0.3 is 0 Å². The monoisotopic (exact) mass is 415 g/mol. The molecular formula is C15H16Cl3N7O. The van der Waals surface area contributed by atoms with Gasteiger partial charge in [0.15, 0.2) is 16.8 Å². The Kier molecular flexibility index (Phi) is 6.36. The average Bonchev–Trinajstić information content (AvgIpc) is 3.02. The van der Waals surface area contributed by atoms with Crippen molar-refractivity contribution in [2.45, 2.75) is 6.04 Å². The van der Waals surface area contributed by atoms with Crippen LogP contribution in [0.2, 0.25) is 10.0 Å². The van der Waals surface area contributed by atoms with Crippen molar-refractivity contribution in [1.29, 1.82) is 0 Å². The van der Waals surface area contributed by atoms with Gasteiger partial charge in [-0.05, 0) is 17.7 Å². The number of halogens is 3. The lowest BCUT2D eigenvalue weighted by molar-refractivity contribution is -0.113. The van der Waals surface area contributed by atoms with Crippen LogP contribution < -0.4 is 27.8 Å². The van der Waals surface area contributed by atoms with Gasteiger partial charge in [-0.15, -0.1) is 0 Å². The fraction of sp³-hybridized carbons (Fsp3) is 0.133. The van der Waals surface area contributed by atoms with Crippen molar-refractivity contribution in [3.05, 3.63) is 57.1 Å². The Bertz CT molecular complexity index is 844. The first-order chi connectivity index (χ1) is 12.2. The van der Waals surface area contributed by atoms with E-state index in [-0.39, 0.29) is 34.4 Å². The van der Waals surface area contributed by atoms with E-state index in [0.717, 1.165) is 5.56 Å². The second-order valence-corrected chi connectivity index (χ2v) is 6.42. The fourth-order valence-corrected chi connectivity index (χ4v) is 2.42. The minimum atomic E-state index is -0.669. The van der Waals surface area contributed by atoms with Crippen molar-refractivity contribution >= 4 is 52.4 Å². The molecule has 138 valence electrons. The summed E-state index contributed by atoms with van der Waals surface area (Å²) in [5.74, 6) is -0.687. The maximum Gasteiger partial charge on any atom is 0.278 e. The number of nitrogens with zero attached hydrogens (tertiary/aromatic N) is 2. The first-order valence-corrected chi connectivity index (χ1v) is 8.34. The van der Waals surface area contributed by atoms with E-state index in [0.29, 0.717) is 16.6 Å². The molecule has 11 heteroatoms. The molecule has 0 fully saturated rings. The molecule has 1 heterocycles. The van der Waals surface area contributed by atoms with Crippen LogP contribution >= 0.6 is 34.8 Å². The van der Waals surface area contributed by atoms with Crippen LogP contribution in [0.15, 0.2) is 51.4 Å². The quantitative estimate of drug-likeness (QED) is 0.371. The minimum Gasteiger partial charge on any atom is -0.397 e. The summed E-state index contributed by atoms with van der Waals surface area (Å²) in [6.07, 6.45) is 0. The zero-order valence-electron chi connectivity index (χ0n) is 13.4. The van der Waals surface area contributed by atoms with Crippen molar-refractivity contribution < 1.29 is 4.79 Å². The Labute approximate surface area is 164 Å². The van der Waals surface area contributed by atoms with Gasteiger partial charge in [-0.2, -0.15) is 0 Å². The second-order valence-electron chi connectivity index (χ2n) is 5.25. The van der Waals surface area contributed by atoms with E-state index >= 15 is 0 Å². The maximum absolute atomic E-state index is 12.3. The highest BCUT2D eigenvalue weighted by Crippen LogP contribution is 2.26. The predicted molar refractivity (Wildman–Crippen MR) is 105 cm³/mol. The van der Waals surface area contributed by atoms with Crippen molar-refractivity contribution in [2.75, 3.05) is 6.54 Å². The third-order valence-corrected chi connectivity index (χ3v) is 4.33. The number of hydrogen-bond acceptors (Lipinski definition) is 7. The van der Waals surface area contributed by atoms with E-state index in [1.54, 1.807) is 12.1 Å². The molecule has 0 radical (unpaired) electrons. The Morgan fingerprint density at radius 2 is 2.00 bits per heavy atom. The third-order valence-electron chi connectivity index (χ3n) is 3.29. The van der Waals surface area contributed by atoms with Gasteiger partial charge in [0.2, 0.25) is 0 Å². The molecule has 0 bridgehead atoms. The summed E-state index contributed by atoms with van der Waals surface area (Å²) in [4.78, 5) is 20.3. The largest absolute Gasteiger partial charge is 0.397 e. The zero-order chi connectivity index (χ0) is 19.4. The lowest BCUT2D eigenvalue weighted by atomic mass is 10.1. The summed E-state index contributed by atoms with van der Waals surface area (Å²) < 4.78 is 0. The standard InChI is InChI=1S/C15H16Cl3N7O/c1-6(19)11(24-12(18)13(20)21)14(26)25-15-22-5-10(23-15)7-2-3-8(16)9(17)4-7/h2-4,10H,1,5,19-21H2,(H2,22,23,25,26). The van der Waals surface area contributed by atoms with Crippen LogP contribution in [-0.2, 0) is 4.79 Å². The summed E-state index contributed by atoms with van der Waals surface area (Å²) >= 11 is 17.7.